The van der Waals surface area contributed by atoms with Crippen LogP contribution >= 0.6 is 11.6 Å². The van der Waals surface area contributed by atoms with Crippen molar-refractivity contribution >= 4 is 34.3 Å². The molecule has 1 aliphatic heterocycles. The first-order valence-corrected chi connectivity index (χ1v) is 11.6. The average Bonchev–Trinajstić information content (AvgIpc) is 3.18. The Labute approximate surface area is 188 Å². The molecular formula is C24H31ClN4O2. The zero-order chi connectivity index (χ0) is 21.8. The van der Waals surface area contributed by atoms with Gasteiger partial charge in [-0.1, -0.05) is 30.5 Å². The molecule has 2 amide bonds. The van der Waals surface area contributed by atoms with Crippen LogP contribution in [0.3, 0.4) is 0 Å². The Bertz CT molecular complexity index is 962. The number of fused-ring (bicyclic) bond motifs is 1. The predicted molar refractivity (Wildman–Crippen MR) is 124 cm³/mol. The smallest absolute Gasteiger partial charge is 0.268 e. The molecule has 0 spiro atoms. The van der Waals surface area contributed by atoms with Crippen molar-refractivity contribution < 1.29 is 9.59 Å². The predicted octanol–water partition coefficient (Wildman–Crippen LogP) is 3.88. The first-order chi connectivity index (χ1) is 15.0. The summed E-state index contributed by atoms with van der Waals surface area (Å²) >= 11 is 6.05. The Balaban J connectivity index is 1.35. The van der Waals surface area contributed by atoms with E-state index in [0.29, 0.717) is 16.6 Å². The summed E-state index contributed by atoms with van der Waals surface area (Å²) in [6.45, 7) is 2.15. The van der Waals surface area contributed by atoms with Crippen molar-refractivity contribution in [3.05, 3.63) is 47.1 Å². The van der Waals surface area contributed by atoms with Crippen molar-refractivity contribution in [2.24, 2.45) is 5.92 Å². The standard InChI is InChI=1S/C24H31ClN4O2/c1-29-12-10-16(11-13-29)6-9-23(30)27-20-4-2-3-5-21(20)28-24(31)22-15-17-14-18(25)7-8-19(17)26-22/h6-9,14-16,20-21,26H,2-5,10-13H2,1H3,(H,27,30)(H,28,31)/b9-6+/t20-,21+/m0/s1. The number of rotatable bonds is 5. The van der Waals surface area contributed by atoms with Gasteiger partial charge < -0.3 is 20.5 Å². The highest BCUT2D eigenvalue weighted by Gasteiger charge is 2.28. The summed E-state index contributed by atoms with van der Waals surface area (Å²) in [5.41, 5.74) is 1.39. The Morgan fingerprint density at radius 3 is 2.52 bits per heavy atom. The molecule has 2 aliphatic rings. The van der Waals surface area contributed by atoms with Gasteiger partial charge in [-0.2, -0.15) is 0 Å². The van der Waals surface area contributed by atoms with Crippen LogP contribution in [0.25, 0.3) is 10.9 Å². The Kier molecular flexibility index (Phi) is 6.98. The molecule has 1 aromatic carbocycles. The first-order valence-electron chi connectivity index (χ1n) is 11.2. The molecule has 1 saturated heterocycles. The third-order valence-electron chi connectivity index (χ3n) is 6.52. The minimum absolute atomic E-state index is 0.0499. The van der Waals surface area contributed by atoms with Gasteiger partial charge in [-0.25, -0.2) is 0 Å². The summed E-state index contributed by atoms with van der Waals surface area (Å²) in [6.07, 6.45) is 9.77. The zero-order valence-corrected chi connectivity index (χ0v) is 18.8. The number of nitrogens with zero attached hydrogens (tertiary/aromatic N) is 1. The van der Waals surface area contributed by atoms with Gasteiger partial charge in [0.25, 0.3) is 5.91 Å². The number of likely N-dealkylation sites (tertiary alicyclic amines) is 1. The van der Waals surface area contributed by atoms with Gasteiger partial charge in [-0.3, -0.25) is 9.59 Å². The van der Waals surface area contributed by atoms with Crippen LogP contribution in [-0.4, -0.2) is 53.9 Å². The molecule has 0 unspecified atom stereocenters. The molecule has 7 heteroatoms. The van der Waals surface area contributed by atoms with Gasteiger partial charge in [0, 0.05) is 28.0 Å². The number of H-pyrrole nitrogens is 1. The number of aromatic amines is 1. The number of piperidine rings is 1. The molecule has 2 atom stereocenters. The first kappa shape index (κ1) is 21.9. The fraction of sp³-hybridized carbons (Fsp3) is 0.500. The highest BCUT2D eigenvalue weighted by molar-refractivity contribution is 6.31. The monoisotopic (exact) mass is 442 g/mol. The van der Waals surface area contributed by atoms with E-state index in [4.69, 9.17) is 11.6 Å². The second-order valence-corrected chi connectivity index (χ2v) is 9.33. The highest BCUT2D eigenvalue weighted by atomic mass is 35.5. The molecule has 31 heavy (non-hydrogen) atoms. The maximum Gasteiger partial charge on any atom is 0.268 e. The number of carbonyl (C=O) groups excluding carboxylic acids is 2. The zero-order valence-electron chi connectivity index (χ0n) is 18.0. The van der Waals surface area contributed by atoms with E-state index >= 15 is 0 Å². The van der Waals surface area contributed by atoms with E-state index in [1.165, 1.54) is 0 Å². The maximum atomic E-state index is 12.9. The molecule has 2 aromatic rings. The summed E-state index contributed by atoms with van der Waals surface area (Å²) in [6, 6.07) is 7.20. The van der Waals surface area contributed by atoms with E-state index in [2.05, 4.69) is 27.6 Å². The van der Waals surface area contributed by atoms with Crippen LogP contribution in [0.5, 0.6) is 0 Å². The Hall–Kier alpha value is -2.31. The number of hydrogen-bond acceptors (Lipinski definition) is 3. The lowest BCUT2D eigenvalue weighted by atomic mass is 9.90. The van der Waals surface area contributed by atoms with E-state index in [9.17, 15) is 9.59 Å². The highest BCUT2D eigenvalue weighted by Crippen LogP contribution is 2.22. The van der Waals surface area contributed by atoms with Gasteiger partial charge in [0.2, 0.25) is 5.91 Å². The van der Waals surface area contributed by atoms with Crippen LogP contribution < -0.4 is 10.6 Å². The van der Waals surface area contributed by atoms with Crippen molar-refractivity contribution in [3.63, 3.8) is 0 Å². The molecule has 2 fully saturated rings. The number of nitrogens with one attached hydrogen (secondary N) is 3. The Morgan fingerprint density at radius 2 is 1.77 bits per heavy atom. The average molecular weight is 443 g/mol. The molecule has 2 heterocycles. The minimum atomic E-state index is -0.152. The summed E-state index contributed by atoms with van der Waals surface area (Å²) in [7, 11) is 2.13. The molecule has 6 nitrogen and oxygen atoms in total. The molecule has 3 N–H and O–H groups in total. The summed E-state index contributed by atoms with van der Waals surface area (Å²) in [5, 5.41) is 7.81. The summed E-state index contributed by atoms with van der Waals surface area (Å²) in [5.74, 6) is 0.255. The van der Waals surface area contributed by atoms with Crippen molar-refractivity contribution in [1.82, 2.24) is 20.5 Å². The van der Waals surface area contributed by atoms with Crippen molar-refractivity contribution in [2.75, 3.05) is 20.1 Å². The topological polar surface area (TPSA) is 77.2 Å². The van der Waals surface area contributed by atoms with E-state index in [0.717, 1.165) is 62.5 Å². The van der Waals surface area contributed by atoms with Crippen LogP contribution in [0, 0.1) is 5.92 Å². The number of carbonyl (C=O) groups is 2. The third kappa shape index (κ3) is 5.69. The van der Waals surface area contributed by atoms with Crippen LogP contribution in [0.2, 0.25) is 5.02 Å². The number of aromatic nitrogens is 1. The number of amides is 2. The van der Waals surface area contributed by atoms with Crippen molar-refractivity contribution in [3.8, 4) is 0 Å². The fourth-order valence-corrected chi connectivity index (χ4v) is 4.80. The van der Waals surface area contributed by atoms with Gasteiger partial charge >= 0.3 is 0 Å². The second kappa shape index (κ2) is 9.88. The molecular weight excluding hydrogens is 412 g/mol. The lowest BCUT2D eigenvalue weighted by Crippen LogP contribution is -2.53. The van der Waals surface area contributed by atoms with E-state index in [1.54, 1.807) is 12.1 Å². The lowest BCUT2D eigenvalue weighted by Gasteiger charge is -2.32. The number of hydrogen-bond donors (Lipinski definition) is 3. The van der Waals surface area contributed by atoms with E-state index in [1.807, 2.05) is 24.3 Å². The van der Waals surface area contributed by atoms with E-state index < -0.39 is 0 Å². The second-order valence-electron chi connectivity index (χ2n) is 8.89. The molecule has 4 rings (SSSR count). The summed E-state index contributed by atoms with van der Waals surface area (Å²) < 4.78 is 0. The van der Waals surface area contributed by atoms with Gasteiger partial charge in [-0.15, -0.1) is 0 Å². The van der Waals surface area contributed by atoms with Crippen molar-refractivity contribution in [1.29, 1.82) is 0 Å². The van der Waals surface area contributed by atoms with Gasteiger partial charge in [0.15, 0.2) is 0 Å². The van der Waals surface area contributed by atoms with Gasteiger partial charge in [-0.05, 0) is 82.1 Å². The fourth-order valence-electron chi connectivity index (χ4n) is 4.62. The van der Waals surface area contributed by atoms with Crippen LogP contribution in [0.4, 0.5) is 0 Å². The normalized spacial score (nSPS) is 23.3. The van der Waals surface area contributed by atoms with E-state index in [-0.39, 0.29) is 23.9 Å². The molecule has 1 saturated carbocycles. The number of allylic oxidation sites excluding steroid dienone is 1. The minimum Gasteiger partial charge on any atom is -0.351 e. The quantitative estimate of drug-likeness (QED) is 0.615. The lowest BCUT2D eigenvalue weighted by molar-refractivity contribution is -0.117. The molecule has 1 aromatic heterocycles. The van der Waals surface area contributed by atoms with Crippen molar-refractivity contribution in [2.45, 2.75) is 50.6 Å². The van der Waals surface area contributed by atoms with Crippen LogP contribution in [-0.2, 0) is 4.79 Å². The largest absolute Gasteiger partial charge is 0.351 e. The van der Waals surface area contributed by atoms with Crippen LogP contribution in [0.15, 0.2) is 36.4 Å². The van der Waals surface area contributed by atoms with Gasteiger partial charge in [0.1, 0.15) is 5.69 Å². The SMILES string of the molecule is CN1CCC(/C=C/C(=O)N[C@H]2CCCC[C@H]2NC(=O)c2cc3cc(Cl)ccc3[nH]2)CC1. The molecule has 1 aliphatic carbocycles. The van der Waals surface area contributed by atoms with Gasteiger partial charge in [0.05, 0.1) is 0 Å². The number of halogens is 1. The van der Waals surface area contributed by atoms with Crippen LogP contribution in [0.1, 0.15) is 49.0 Å². The summed E-state index contributed by atoms with van der Waals surface area (Å²) in [4.78, 5) is 30.9. The third-order valence-corrected chi connectivity index (χ3v) is 6.76. The molecule has 0 radical (unpaired) electrons. The molecule has 166 valence electrons. The maximum absolute atomic E-state index is 12.9. The Morgan fingerprint density at radius 1 is 1.06 bits per heavy atom. The molecule has 0 bridgehead atoms. The number of benzene rings is 1.